The lowest BCUT2D eigenvalue weighted by Gasteiger charge is -2.31. The maximum absolute atomic E-state index is 9.80. The van der Waals surface area contributed by atoms with Crippen LogP contribution in [-0.2, 0) is 6.54 Å². The third-order valence-electron chi connectivity index (χ3n) is 4.19. The molecular formula is C16H27NO2. The standard InChI is InChI=1S/C16H27NO2/c1-4-16(5-2,8-9-18)12-17-11-14-10-13(3)6-7-15(14)19/h6-7,10,17-19H,4-5,8-9,11-12H2,1-3H3. The molecule has 1 rings (SSSR count). The number of nitrogens with one attached hydrogen (secondary N) is 1. The van der Waals surface area contributed by atoms with Gasteiger partial charge in [-0.25, -0.2) is 0 Å². The van der Waals surface area contributed by atoms with Gasteiger partial charge in [0, 0.05) is 25.3 Å². The first-order valence-electron chi connectivity index (χ1n) is 7.17. The van der Waals surface area contributed by atoms with Crippen LogP contribution < -0.4 is 5.32 Å². The van der Waals surface area contributed by atoms with Crippen LogP contribution in [0.25, 0.3) is 0 Å². The van der Waals surface area contributed by atoms with Crippen LogP contribution in [-0.4, -0.2) is 23.4 Å². The highest BCUT2D eigenvalue weighted by Gasteiger charge is 2.24. The summed E-state index contributed by atoms with van der Waals surface area (Å²) in [5.41, 5.74) is 2.25. The molecule has 0 saturated heterocycles. The Labute approximate surface area is 116 Å². The molecule has 19 heavy (non-hydrogen) atoms. The van der Waals surface area contributed by atoms with E-state index in [0.29, 0.717) is 12.3 Å². The summed E-state index contributed by atoms with van der Waals surface area (Å²) in [7, 11) is 0. The van der Waals surface area contributed by atoms with E-state index in [4.69, 9.17) is 0 Å². The lowest BCUT2D eigenvalue weighted by molar-refractivity contribution is 0.163. The summed E-state index contributed by atoms with van der Waals surface area (Å²) in [5, 5.41) is 22.4. The van der Waals surface area contributed by atoms with E-state index < -0.39 is 0 Å². The molecule has 108 valence electrons. The molecule has 3 N–H and O–H groups in total. The number of aliphatic hydroxyl groups excluding tert-OH is 1. The van der Waals surface area contributed by atoms with E-state index in [1.807, 2.05) is 19.1 Å². The summed E-state index contributed by atoms with van der Waals surface area (Å²) < 4.78 is 0. The van der Waals surface area contributed by atoms with Crippen LogP contribution in [0.15, 0.2) is 18.2 Å². The lowest BCUT2D eigenvalue weighted by atomic mass is 9.79. The average molecular weight is 265 g/mol. The molecular weight excluding hydrogens is 238 g/mol. The first kappa shape index (κ1) is 16.0. The first-order chi connectivity index (χ1) is 9.06. The van der Waals surface area contributed by atoms with Crippen molar-refractivity contribution in [2.45, 2.75) is 46.6 Å². The highest BCUT2D eigenvalue weighted by molar-refractivity contribution is 5.35. The van der Waals surface area contributed by atoms with Gasteiger partial charge in [0.25, 0.3) is 0 Å². The second-order valence-electron chi connectivity index (χ2n) is 5.42. The number of hydrogen-bond acceptors (Lipinski definition) is 3. The highest BCUT2D eigenvalue weighted by atomic mass is 16.3. The molecule has 0 amide bonds. The second kappa shape index (κ2) is 7.51. The van der Waals surface area contributed by atoms with E-state index in [2.05, 4.69) is 19.2 Å². The molecule has 3 heteroatoms. The van der Waals surface area contributed by atoms with Crippen LogP contribution >= 0.6 is 0 Å². The Hall–Kier alpha value is -1.06. The largest absolute Gasteiger partial charge is 0.508 e. The Bertz CT molecular complexity index is 386. The average Bonchev–Trinajstić information content (AvgIpc) is 2.41. The molecule has 0 aliphatic heterocycles. The summed E-state index contributed by atoms with van der Waals surface area (Å²) in [6.45, 7) is 8.14. The Morgan fingerprint density at radius 2 is 1.89 bits per heavy atom. The van der Waals surface area contributed by atoms with Gasteiger partial charge in [0.05, 0.1) is 0 Å². The molecule has 0 aromatic heterocycles. The zero-order valence-corrected chi connectivity index (χ0v) is 12.4. The minimum atomic E-state index is 0.161. The van der Waals surface area contributed by atoms with Crippen molar-refractivity contribution >= 4 is 0 Å². The summed E-state index contributed by atoms with van der Waals surface area (Å²) in [6, 6.07) is 5.66. The van der Waals surface area contributed by atoms with E-state index in [1.54, 1.807) is 6.07 Å². The number of benzene rings is 1. The van der Waals surface area contributed by atoms with Gasteiger partial charge >= 0.3 is 0 Å². The zero-order valence-electron chi connectivity index (χ0n) is 12.4. The number of aryl methyl sites for hydroxylation is 1. The van der Waals surface area contributed by atoms with Gasteiger partial charge in [0.15, 0.2) is 0 Å². The number of rotatable bonds is 8. The highest BCUT2D eigenvalue weighted by Crippen LogP contribution is 2.29. The predicted octanol–water partition coefficient (Wildman–Crippen LogP) is 2.98. The van der Waals surface area contributed by atoms with Crippen LogP contribution in [0.5, 0.6) is 5.75 Å². The van der Waals surface area contributed by atoms with Crippen molar-refractivity contribution in [3.63, 3.8) is 0 Å². The summed E-state index contributed by atoms with van der Waals surface area (Å²) >= 11 is 0. The van der Waals surface area contributed by atoms with Crippen molar-refractivity contribution in [1.29, 1.82) is 0 Å². The fourth-order valence-electron chi connectivity index (χ4n) is 2.50. The first-order valence-corrected chi connectivity index (χ1v) is 7.17. The maximum Gasteiger partial charge on any atom is 0.120 e. The van der Waals surface area contributed by atoms with Gasteiger partial charge < -0.3 is 15.5 Å². The van der Waals surface area contributed by atoms with Crippen LogP contribution in [0.2, 0.25) is 0 Å². The van der Waals surface area contributed by atoms with E-state index in [9.17, 15) is 10.2 Å². The molecule has 3 nitrogen and oxygen atoms in total. The Kier molecular flexibility index (Phi) is 6.32. The lowest BCUT2D eigenvalue weighted by Crippen LogP contribution is -2.34. The summed E-state index contributed by atoms with van der Waals surface area (Å²) in [4.78, 5) is 0. The molecule has 1 aromatic carbocycles. The molecule has 0 radical (unpaired) electrons. The van der Waals surface area contributed by atoms with Crippen LogP contribution in [0.1, 0.15) is 44.2 Å². The van der Waals surface area contributed by atoms with Gasteiger partial charge in [0.2, 0.25) is 0 Å². The molecule has 0 atom stereocenters. The molecule has 0 heterocycles. The summed E-state index contributed by atoms with van der Waals surface area (Å²) in [5.74, 6) is 0.346. The van der Waals surface area contributed by atoms with Crippen molar-refractivity contribution in [3.05, 3.63) is 29.3 Å². The number of hydrogen-bond donors (Lipinski definition) is 3. The van der Waals surface area contributed by atoms with Crippen LogP contribution in [0.4, 0.5) is 0 Å². The van der Waals surface area contributed by atoms with Crippen molar-refractivity contribution in [2.24, 2.45) is 5.41 Å². The van der Waals surface area contributed by atoms with Crippen molar-refractivity contribution < 1.29 is 10.2 Å². The minimum absolute atomic E-state index is 0.161. The van der Waals surface area contributed by atoms with Crippen molar-refractivity contribution in [2.75, 3.05) is 13.2 Å². The number of phenolic OH excluding ortho intramolecular Hbond substituents is 1. The normalized spacial score (nSPS) is 11.8. The number of aromatic hydroxyl groups is 1. The van der Waals surface area contributed by atoms with Crippen molar-refractivity contribution in [3.8, 4) is 5.75 Å². The van der Waals surface area contributed by atoms with Crippen LogP contribution in [0, 0.1) is 12.3 Å². The fourth-order valence-corrected chi connectivity index (χ4v) is 2.50. The molecule has 0 unspecified atom stereocenters. The van der Waals surface area contributed by atoms with E-state index >= 15 is 0 Å². The molecule has 0 spiro atoms. The molecule has 0 aliphatic carbocycles. The van der Waals surface area contributed by atoms with E-state index in [0.717, 1.165) is 36.9 Å². The Morgan fingerprint density at radius 3 is 2.47 bits per heavy atom. The van der Waals surface area contributed by atoms with E-state index in [1.165, 1.54) is 0 Å². The molecule has 0 bridgehead atoms. The maximum atomic E-state index is 9.80. The third-order valence-corrected chi connectivity index (χ3v) is 4.19. The Balaban J connectivity index is 2.58. The topological polar surface area (TPSA) is 52.5 Å². The molecule has 0 saturated carbocycles. The molecule has 0 aliphatic rings. The smallest absolute Gasteiger partial charge is 0.120 e. The predicted molar refractivity (Wildman–Crippen MR) is 79.3 cm³/mol. The zero-order chi connectivity index (χ0) is 14.3. The monoisotopic (exact) mass is 265 g/mol. The van der Waals surface area contributed by atoms with Crippen molar-refractivity contribution in [1.82, 2.24) is 5.32 Å². The second-order valence-corrected chi connectivity index (χ2v) is 5.42. The van der Waals surface area contributed by atoms with Gasteiger partial charge in [-0.05, 0) is 37.7 Å². The Morgan fingerprint density at radius 1 is 1.21 bits per heavy atom. The van der Waals surface area contributed by atoms with Gasteiger partial charge in [-0.2, -0.15) is 0 Å². The van der Waals surface area contributed by atoms with Gasteiger partial charge in [-0.15, -0.1) is 0 Å². The quantitative estimate of drug-likeness (QED) is 0.677. The van der Waals surface area contributed by atoms with Gasteiger partial charge in [0.1, 0.15) is 5.75 Å². The fraction of sp³-hybridized carbons (Fsp3) is 0.625. The number of aliphatic hydroxyl groups is 1. The minimum Gasteiger partial charge on any atom is -0.508 e. The molecule has 1 aromatic rings. The SMILES string of the molecule is CCC(CC)(CCO)CNCc1cc(C)ccc1O. The van der Waals surface area contributed by atoms with Crippen LogP contribution in [0.3, 0.4) is 0 Å². The van der Waals surface area contributed by atoms with E-state index in [-0.39, 0.29) is 12.0 Å². The number of phenols is 1. The molecule has 0 fully saturated rings. The van der Waals surface area contributed by atoms with Gasteiger partial charge in [-0.1, -0.05) is 31.5 Å². The summed E-state index contributed by atoms with van der Waals surface area (Å²) in [6.07, 6.45) is 2.93. The third kappa shape index (κ3) is 4.51. The van der Waals surface area contributed by atoms with Gasteiger partial charge in [-0.3, -0.25) is 0 Å².